The molecule has 102 valence electrons. The fourth-order valence-electron chi connectivity index (χ4n) is 1.36. The minimum atomic E-state index is -3.36. The van der Waals surface area contributed by atoms with E-state index in [1.54, 1.807) is 18.2 Å². The third kappa shape index (κ3) is 4.44. The Labute approximate surface area is 108 Å². The van der Waals surface area contributed by atoms with Crippen LogP contribution in [0.3, 0.4) is 0 Å². The second kappa shape index (κ2) is 5.95. The number of hydrogen-bond acceptors (Lipinski definition) is 4. The molecule has 0 heterocycles. The van der Waals surface area contributed by atoms with Gasteiger partial charge in [-0.2, -0.15) is 0 Å². The maximum atomic E-state index is 11.8. The fraction of sp³-hybridized carbons (Fsp3) is 0.500. The fourth-order valence-corrected chi connectivity index (χ4v) is 2.76. The predicted octanol–water partition coefficient (Wildman–Crippen LogP) is 2.07. The van der Waals surface area contributed by atoms with Crippen LogP contribution in [-0.2, 0) is 10.0 Å². The molecule has 0 atom stereocenters. The standard InChI is InChI=1S/C12H20N2O3S/c1-9(2)6-7-18(15,16)14-12-8-10(17-3)4-5-11(12)13/h4-5,8-9,14H,6-7,13H2,1-3H3. The molecule has 0 bridgehead atoms. The number of nitrogens with one attached hydrogen (secondary N) is 1. The lowest BCUT2D eigenvalue weighted by Crippen LogP contribution is -2.18. The third-order valence-electron chi connectivity index (χ3n) is 2.49. The molecule has 1 rings (SSSR count). The molecule has 0 saturated carbocycles. The SMILES string of the molecule is COc1ccc(N)c(NS(=O)(=O)CCC(C)C)c1. The molecular formula is C12H20N2O3S. The highest BCUT2D eigenvalue weighted by atomic mass is 32.2. The molecule has 1 aromatic carbocycles. The number of hydrogen-bond donors (Lipinski definition) is 2. The molecule has 0 aliphatic heterocycles. The van der Waals surface area contributed by atoms with Crippen LogP contribution < -0.4 is 15.2 Å². The summed E-state index contributed by atoms with van der Waals surface area (Å²) in [7, 11) is -1.85. The van der Waals surface area contributed by atoms with Crippen LogP contribution in [0, 0.1) is 5.92 Å². The van der Waals surface area contributed by atoms with Crippen LogP contribution in [0.1, 0.15) is 20.3 Å². The summed E-state index contributed by atoms with van der Waals surface area (Å²) in [6.07, 6.45) is 0.610. The minimum absolute atomic E-state index is 0.0846. The lowest BCUT2D eigenvalue weighted by molar-refractivity contribution is 0.415. The molecule has 0 fully saturated rings. The van der Waals surface area contributed by atoms with Crippen LogP contribution in [0.5, 0.6) is 5.75 Å². The summed E-state index contributed by atoms with van der Waals surface area (Å²) in [5.74, 6) is 0.983. The van der Waals surface area contributed by atoms with E-state index >= 15 is 0 Å². The number of benzene rings is 1. The summed E-state index contributed by atoms with van der Waals surface area (Å²) in [4.78, 5) is 0. The van der Waals surface area contributed by atoms with Gasteiger partial charge in [0.1, 0.15) is 5.75 Å². The van der Waals surface area contributed by atoms with Gasteiger partial charge in [0, 0.05) is 6.07 Å². The van der Waals surface area contributed by atoms with Crippen LogP contribution in [0.15, 0.2) is 18.2 Å². The van der Waals surface area contributed by atoms with Gasteiger partial charge < -0.3 is 10.5 Å². The molecule has 1 aromatic rings. The molecule has 0 aliphatic carbocycles. The molecule has 0 aromatic heterocycles. The van der Waals surface area contributed by atoms with Gasteiger partial charge in [0.25, 0.3) is 0 Å². The normalized spacial score (nSPS) is 11.6. The molecule has 6 heteroatoms. The van der Waals surface area contributed by atoms with Crippen LogP contribution in [0.25, 0.3) is 0 Å². The summed E-state index contributed by atoms with van der Waals surface area (Å²) in [6, 6.07) is 4.86. The molecule has 0 radical (unpaired) electrons. The number of sulfonamides is 1. The van der Waals surface area contributed by atoms with Crippen molar-refractivity contribution in [1.29, 1.82) is 0 Å². The largest absolute Gasteiger partial charge is 0.497 e. The number of methoxy groups -OCH3 is 1. The third-order valence-corrected chi connectivity index (χ3v) is 3.79. The van der Waals surface area contributed by atoms with E-state index in [-0.39, 0.29) is 5.75 Å². The summed E-state index contributed by atoms with van der Waals surface area (Å²) in [5, 5.41) is 0. The van der Waals surface area contributed by atoms with Gasteiger partial charge in [0.2, 0.25) is 10.0 Å². The van der Waals surface area contributed by atoms with E-state index in [2.05, 4.69) is 4.72 Å². The maximum absolute atomic E-state index is 11.8. The number of anilines is 2. The first-order chi connectivity index (χ1) is 8.34. The Hall–Kier alpha value is -1.43. The second-order valence-electron chi connectivity index (χ2n) is 4.56. The molecule has 3 N–H and O–H groups in total. The van der Waals surface area contributed by atoms with Crippen molar-refractivity contribution in [1.82, 2.24) is 0 Å². The van der Waals surface area contributed by atoms with Gasteiger partial charge in [-0.1, -0.05) is 13.8 Å². The highest BCUT2D eigenvalue weighted by Gasteiger charge is 2.13. The molecule has 0 amide bonds. The highest BCUT2D eigenvalue weighted by molar-refractivity contribution is 7.92. The highest BCUT2D eigenvalue weighted by Crippen LogP contribution is 2.25. The van der Waals surface area contributed by atoms with Crippen molar-refractivity contribution < 1.29 is 13.2 Å². The molecular weight excluding hydrogens is 252 g/mol. The topological polar surface area (TPSA) is 81.4 Å². The molecule has 5 nitrogen and oxygen atoms in total. The van der Waals surface area contributed by atoms with E-state index in [1.165, 1.54) is 7.11 Å². The number of ether oxygens (including phenoxy) is 1. The molecule has 0 unspecified atom stereocenters. The smallest absolute Gasteiger partial charge is 0.232 e. The predicted molar refractivity (Wildman–Crippen MR) is 74.3 cm³/mol. The van der Waals surface area contributed by atoms with Crippen LogP contribution in [0.2, 0.25) is 0 Å². The Morgan fingerprint density at radius 2 is 2.06 bits per heavy atom. The Bertz CT molecular complexity index is 498. The zero-order valence-electron chi connectivity index (χ0n) is 10.9. The van der Waals surface area contributed by atoms with Crippen molar-refractivity contribution in [3.8, 4) is 5.75 Å². The van der Waals surface area contributed by atoms with Gasteiger partial charge in [0.05, 0.1) is 24.2 Å². The number of nitrogens with two attached hydrogens (primary N) is 1. The van der Waals surface area contributed by atoms with E-state index in [1.807, 2.05) is 13.8 Å². The van der Waals surface area contributed by atoms with E-state index in [9.17, 15) is 8.42 Å². The Balaban J connectivity index is 2.83. The zero-order valence-corrected chi connectivity index (χ0v) is 11.8. The maximum Gasteiger partial charge on any atom is 0.232 e. The molecule has 0 aliphatic rings. The monoisotopic (exact) mass is 272 g/mol. The molecule has 18 heavy (non-hydrogen) atoms. The van der Waals surface area contributed by atoms with Gasteiger partial charge >= 0.3 is 0 Å². The Kier molecular flexibility index (Phi) is 4.84. The summed E-state index contributed by atoms with van der Waals surface area (Å²) in [6.45, 7) is 3.96. The van der Waals surface area contributed by atoms with Gasteiger partial charge in [-0.3, -0.25) is 4.72 Å². The van der Waals surface area contributed by atoms with Crippen molar-refractivity contribution in [3.63, 3.8) is 0 Å². The van der Waals surface area contributed by atoms with Crippen LogP contribution in [-0.4, -0.2) is 21.3 Å². The van der Waals surface area contributed by atoms with Crippen molar-refractivity contribution in [2.45, 2.75) is 20.3 Å². The number of rotatable bonds is 6. The first kappa shape index (κ1) is 14.6. The summed E-state index contributed by atoms with van der Waals surface area (Å²) >= 11 is 0. The van der Waals surface area contributed by atoms with Gasteiger partial charge in [0.15, 0.2) is 0 Å². The van der Waals surface area contributed by atoms with Crippen LogP contribution >= 0.6 is 0 Å². The summed E-state index contributed by atoms with van der Waals surface area (Å²) in [5.41, 5.74) is 6.46. The quantitative estimate of drug-likeness (QED) is 0.777. The van der Waals surface area contributed by atoms with Crippen molar-refractivity contribution in [3.05, 3.63) is 18.2 Å². The average molecular weight is 272 g/mol. The number of nitrogen functional groups attached to an aromatic ring is 1. The molecule has 0 saturated heterocycles. The summed E-state index contributed by atoms with van der Waals surface area (Å²) < 4.78 is 31.2. The zero-order chi connectivity index (χ0) is 13.8. The Morgan fingerprint density at radius 1 is 1.39 bits per heavy atom. The van der Waals surface area contributed by atoms with E-state index < -0.39 is 10.0 Å². The van der Waals surface area contributed by atoms with Crippen LogP contribution in [0.4, 0.5) is 11.4 Å². The average Bonchev–Trinajstić information content (AvgIpc) is 2.29. The lowest BCUT2D eigenvalue weighted by atomic mass is 10.2. The van der Waals surface area contributed by atoms with Gasteiger partial charge in [-0.15, -0.1) is 0 Å². The van der Waals surface area contributed by atoms with Crippen molar-refractivity contribution in [2.24, 2.45) is 5.92 Å². The van der Waals surface area contributed by atoms with E-state index in [0.29, 0.717) is 29.5 Å². The van der Waals surface area contributed by atoms with Gasteiger partial charge in [-0.05, 0) is 24.5 Å². The van der Waals surface area contributed by atoms with Crippen molar-refractivity contribution in [2.75, 3.05) is 23.3 Å². The minimum Gasteiger partial charge on any atom is -0.497 e. The lowest BCUT2D eigenvalue weighted by Gasteiger charge is -2.12. The van der Waals surface area contributed by atoms with E-state index in [0.717, 1.165) is 0 Å². The Morgan fingerprint density at radius 3 is 2.61 bits per heavy atom. The first-order valence-electron chi connectivity index (χ1n) is 5.78. The molecule has 0 spiro atoms. The second-order valence-corrected chi connectivity index (χ2v) is 6.40. The van der Waals surface area contributed by atoms with Crippen molar-refractivity contribution >= 4 is 21.4 Å². The first-order valence-corrected chi connectivity index (χ1v) is 7.43. The van der Waals surface area contributed by atoms with E-state index in [4.69, 9.17) is 10.5 Å². The van der Waals surface area contributed by atoms with Gasteiger partial charge in [-0.25, -0.2) is 8.42 Å².